The topological polar surface area (TPSA) is 128 Å². The number of carbonyl (C=O) groups excluding carboxylic acids is 1. The van der Waals surface area contributed by atoms with Gasteiger partial charge in [0.1, 0.15) is 6.04 Å². The number of hydrogen-bond donors (Lipinski definition) is 3. The molecule has 1 heterocycles. The van der Waals surface area contributed by atoms with E-state index in [1.54, 1.807) is 4.90 Å². The van der Waals surface area contributed by atoms with Gasteiger partial charge in [0, 0.05) is 6.04 Å². The van der Waals surface area contributed by atoms with Gasteiger partial charge in [-0.2, -0.15) is 18.4 Å². The van der Waals surface area contributed by atoms with E-state index in [-0.39, 0.29) is 23.4 Å². The highest BCUT2D eigenvalue weighted by molar-refractivity contribution is 5.84. The molecule has 6 rings (SSSR count). The minimum atomic E-state index is -5.08. The number of fused-ring (bicyclic) bond motifs is 1. The number of nitriles is 1. The number of hydrogen-bond acceptors (Lipinski definition) is 5. The van der Waals surface area contributed by atoms with Crippen LogP contribution in [0.3, 0.4) is 0 Å². The molecular formula is C20H26F3N3O4. The molecule has 7 nitrogen and oxygen atoms in total. The molecule has 1 saturated heterocycles. The number of carbonyl (C=O) groups is 2. The van der Waals surface area contributed by atoms with Gasteiger partial charge in [-0.15, -0.1) is 0 Å². The van der Waals surface area contributed by atoms with Gasteiger partial charge in [-0.05, 0) is 74.5 Å². The number of nitrogens with zero attached hydrogens (tertiary/aromatic N) is 2. The van der Waals surface area contributed by atoms with Crippen LogP contribution in [0.15, 0.2) is 0 Å². The highest BCUT2D eigenvalue weighted by Gasteiger charge is 2.62. The third kappa shape index (κ3) is 3.56. The maximum atomic E-state index is 13.1. The number of alkyl halides is 3. The van der Waals surface area contributed by atoms with Gasteiger partial charge in [0.25, 0.3) is 0 Å². The summed E-state index contributed by atoms with van der Waals surface area (Å²) in [5.41, 5.74) is 5.71. The zero-order valence-corrected chi connectivity index (χ0v) is 16.4. The summed E-state index contributed by atoms with van der Waals surface area (Å²) in [5, 5.41) is 27.4. The van der Waals surface area contributed by atoms with Crippen LogP contribution in [0.25, 0.3) is 0 Å². The fourth-order valence-corrected chi connectivity index (χ4v) is 6.96. The number of carboxylic acids is 1. The first-order valence-electron chi connectivity index (χ1n) is 10.4. The Morgan fingerprint density at radius 3 is 2.17 bits per heavy atom. The summed E-state index contributed by atoms with van der Waals surface area (Å²) in [6.45, 7) is 0. The summed E-state index contributed by atoms with van der Waals surface area (Å²) in [7, 11) is 0. The van der Waals surface area contributed by atoms with Crippen molar-refractivity contribution in [3.63, 3.8) is 0 Å². The van der Waals surface area contributed by atoms with Crippen molar-refractivity contribution in [2.45, 2.75) is 81.3 Å². The second kappa shape index (κ2) is 6.82. The lowest BCUT2D eigenvalue weighted by atomic mass is 9.46. The number of amides is 1. The van der Waals surface area contributed by atoms with Crippen molar-refractivity contribution in [1.29, 1.82) is 5.26 Å². The molecule has 5 aliphatic carbocycles. The number of rotatable bonds is 2. The van der Waals surface area contributed by atoms with Crippen molar-refractivity contribution in [2.75, 3.05) is 0 Å². The lowest BCUT2D eigenvalue weighted by molar-refractivity contribution is -0.192. The summed E-state index contributed by atoms with van der Waals surface area (Å²) in [6, 6.07) is 1.72. The van der Waals surface area contributed by atoms with E-state index in [1.807, 2.05) is 0 Å². The van der Waals surface area contributed by atoms with Crippen molar-refractivity contribution in [1.82, 2.24) is 4.90 Å². The molecule has 0 radical (unpaired) electrons. The molecule has 166 valence electrons. The number of halogens is 3. The molecule has 0 aromatic rings. The average molecular weight is 429 g/mol. The minimum absolute atomic E-state index is 0.0212. The summed E-state index contributed by atoms with van der Waals surface area (Å²) >= 11 is 0. The quantitative estimate of drug-likeness (QED) is 0.614. The Morgan fingerprint density at radius 1 is 1.13 bits per heavy atom. The molecule has 10 heteroatoms. The molecule has 1 amide bonds. The fourth-order valence-electron chi connectivity index (χ4n) is 6.96. The van der Waals surface area contributed by atoms with Crippen LogP contribution in [0.4, 0.5) is 13.2 Å². The van der Waals surface area contributed by atoms with E-state index >= 15 is 0 Å². The van der Waals surface area contributed by atoms with Crippen LogP contribution in [0.1, 0.15) is 51.4 Å². The van der Waals surface area contributed by atoms with Gasteiger partial charge in [0.15, 0.2) is 0 Å². The smallest absolute Gasteiger partial charge is 0.475 e. The molecular weight excluding hydrogens is 403 g/mol. The second-order valence-corrected chi connectivity index (χ2v) is 10.0. The normalized spacial score (nSPS) is 43.9. The Hall–Kier alpha value is -1.86. The van der Waals surface area contributed by atoms with Crippen molar-refractivity contribution < 1.29 is 33.0 Å². The molecule has 5 saturated carbocycles. The van der Waals surface area contributed by atoms with E-state index in [1.165, 1.54) is 6.42 Å². The SMILES string of the molecule is N#CC1CC2CC2N1C(=O)C(N)C12CC3CC(CC(O)(C3)C1)C2.O=C(O)C(F)(F)F. The van der Waals surface area contributed by atoms with Crippen molar-refractivity contribution in [3.05, 3.63) is 0 Å². The largest absolute Gasteiger partial charge is 0.490 e. The van der Waals surface area contributed by atoms with Crippen molar-refractivity contribution >= 4 is 11.9 Å². The average Bonchev–Trinajstić information content (AvgIpc) is 3.28. The Bertz CT molecular complexity index is 781. The number of aliphatic hydroxyl groups is 1. The Kier molecular flexibility index (Phi) is 4.86. The summed E-state index contributed by atoms with van der Waals surface area (Å²) in [5.74, 6) is -1.20. The molecule has 4 N–H and O–H groups in total. The summed E-state index contributed by atoms with van der Waals surface area (Å²) < 4.78 is 31.7. The standard InChI is InChI=1S/C18H25N3O2.C2HF3O2/c19-8-13-2-12-3-14(12)21(13)16(22)15(20)17-4-10-1-11(5-17)7-18(23,6-10)9-17;3-2(4,5)1(6)7/h10-15,23H,1-7,9,20H2;(H,6,7). The Balaban J connectivity index is 0.000000272. The van der Waals surface area contributed by atoms with Gasteiger partial charge in [0.05, 0.1) is 17.7 Å². The van der Waals surface area contributed by atoms with E-state index in [4.69, 9.17) is 15.6 Å². The minimum Gasteiger partial charge on any atom is -0.475 e. The Morgan fingerprint density at radius 2 is 1.70 bits per heavy atom. The molecule has 1 aliphatic heterocycles. The molecule has 6 fully saturated rings. The zero-order valence-electron chi connectivity index (χ0n) is 16.4. The molecule has 0 spiro atoms. The molecule has 6 aliphatic rings. The first-order chi connectivity index (χ1) is 13.9. The third-order valence-corrected chi connectivity index (χ3v) is 7.75. The molecule has 0 aromatic carbocycles. The number of carboxylic acid groups (broad SMARTS) is 1. The lowest BCUT2D eigenvalue weighted by Gasteiger charge is -2.61. The third-order valence-electron chi connectivity index (χ3n) is 7.75. The van der Waals surface area contributed by atoms with Crippen LogP contribution in [-0.4, -0.2) is 56.9 Å². The van der Waals surface area contributed by atoms with Crippen LogP contribution >= 0.6 is 0 Å². The number of piperidine rings is 1. The summed E-state index contributed by atoms with van der Waals surface area (Å²) in [6.07, 6.45) is 2.40. The van der Waals surface area contributed by atoms with Crippen molar-refractivity contribution in [3.8, 4) is 6.07 Å². The highest BCUT2D eigenvalue weighted by atomic mass is 19.4. The first-order valence-corrected chi connectivity index (χ1v) is 10.4. The van der Waals surface area contributed by atoms with Gasteiger partial charge >= 0.3 is 12.1 Å². The van der Waals surface area contributed by atoms with E-state index < -0.39 is 23.8 Å². The maximum Gasteiger partial charge on any atom is 0.490 e. The van der Waals surface area contributed by atoms with Crippen LogP contribution in [-0.2, 0) is 9.59 Å². The molecule has 6 atom stereocenters. The monoisotopic (exact) mass is 429 g/mol. The van der Waals surface area contributed by atoms with Gasteiger partial charge in [0.2, 0.25) is 5.91 Å². The molecule has 30 heavy (non-hydrogen) atoms. The van der Waals surface area contributed by atoms with Crippen LogP contribution in [0.5, 0.6) is 0 Å². The number of aliphatic carboxylic acids is 1. The fraction of sp³-hybridized carbons (Fsp3) is 0.850. The van der Waals surface area contributed by atoms with E-state index in [2.05, 4.69) is 6.07 Å². The van der Waals surface area contributed by atoms with Gasteiger partial charge in [-0.1, -0.05) is 0 Å². The Labute approximate surface area is 172 Å². The summed E-state index contributed by atoms with van der Waals surface area (Å²) in [4.78, 5) is 23.8. The maximum absolute atomic E-state index is 13.1. The zero-order chi connectivity index (χ0) is 22.1. The number of likely N-dealkylation sites (tertiary alicyclic amines) is 1. The second-order valence-electron chi connectivity index (χ2n) is 10.0. The molecule has 6 unspecified atom stereocenters. The van der Waals surface area contributed by atoms with Gasteiger partial charge < -0.3 is 20.8 Å². The van der Waals surface area contributed by atoms with E-state index in [0.29, 0.717) is 24.2 Å². The predicted octanol–water partition coefficient (Wildman–Crippen LogP) is 1.79. The predicted molar refractivity (Wildman–Crippen MR) is 96.5 cm³/mol. The van der Waals surface area contributed by atoms with Gasteiger partial charge in [-0.25, -0.2) is 4.79 Å². The van der Waals surface area contributed by atoms with Crippen LogP contribution in [0.2, 0.25) is 0 Å². The first kappa shape index (κ1) is 21.4. The van der Waals surface area contributed by atoms with Gasteiger partial charge in [-0.3, -0.25) is 4.79 Å². The van der Waals surface area contributed by atoms with Crippen LogP contribution in [0, 0.1) is 34.5 Å². The highest BCUT2D eigenvalue weighted by Crippen LogP contribution is 2.63. The van der Waals surface area contributed by atoms with Crippen LogP contribution < -0.4 is 5.73 Å². The number of nitrogens with two attached hydrogens (primary N) is 1. The van der Waals surface area contributed by atoms with E-state index in [9.17, 15) is 28.3 Å². The lowest BCUT2D eigenvalue weighted by Crippen LogP contribution is -2.64. The molecule has 0 aromatic heterocycles. The molecule has 4 bridgehead atoms. The van der Waals surface area contributed by atoms with Crippen molar-refractivity contribution in [2.24, 2.45) is 28.9 Å². The van der Waals surface area contributed by atoms with E-state index in [0.717, 1.165) is 38.5 Å².